The van der Waals surface area contributed by atoms with Crippen molar-refractivity contribution < 1.29 is 17.6 Å². The molecule has 0 bridgehead atoms. The lowest BCUT2D eigenvalue weighted by Crippen LogP contribution is -1.99. The molecule has 0 saturated heterocycles. The number of aromatic nitrogens is 2. The summed E-state index contributed by atoms with van der Waals surface area (Å²) >= 11 is 5.46. The van der Waals surface area contributed by atoms with Crippen LogP contribution in [0.25, 0.3) is 0 Å². The molecule has 0 atom stereocenters. The summed E-state index contributed by atoms with van der Waals surface area (Å²) in [6, 6.07) is 0.891. The molecular weight excluding hydrogens is 271 g/mol. The number of alkyl halides is 1. The van der Waals surface area contributed by atoms with Crippen LogP contribution < -0.4 is 5.32 Å². The van der Waals surface area contributed by atoms with Gasteiger partial charge >= 0.3 is 6.01 Å². The number of nitrogens with zero attached hydrogens (tertiary/aromatic N) is 2. The Labute approximate surface area is 105 Å². The SMILES string of the molecule is Fc1cc(F)c(Nc2nnc(CCCl)o2)c(F)c1. The predicted molar refractivity (Wildman–Crippen MR) is 58.3 cm³/mol. The zero-order valence-corrected chi connectivity index (χ0v) is 9.64. The van der Waals surface area contributed by atoms with E-state index in [9.17, 15) is 13.2 Å². The second kappa shape index (κ2) is 5.26. The third kappa shape index (κ3) is 2.73. The zero-order valence-electron chi connectivity index (χ0n) is 8.88. The first kappa shape index (κ1) is 12.7. The number of anilines is 2. The van der Waals surface area contributed by atoms with Gasteiger partial charge in [-0.2, -0.15) is 0 Å². The van der Waals surface area contributed by atoms with E-state index in [1.165, 1.54) is 0 Å². The van der Waals surface area contributed by atoms with Crippen molar-refractivity contribution in [1.82, 2.24) is 10.2 Å². The lowest BCUT2D eigenvalue weighted by Gasteiger charge is -2.04. The monoisotopic (exact) mass is 277 g/mol. The molecule has 4 nitrogen and oxygen atoms in total. The van der Waals surface area contributed by atoms with Crippen LogP contribution in [-0.2, 0) is 6.42 Å². The van der Waals surface area contributed by atoms with Crippen molar-refractivity contribution in [2.24, 2.45) is 0 Å². The van der Waals surface area contributed by atoms with Crippen LogP contribution >= 0.6 is 11.6 Å². The largest absolute Gasteiger partial charge is 0.408 e. The highest BCUT2D eigenvalue weighted by Crippen LogP contribution is 2.23. The highest BCUT2D eigenvalue weighted by atomic mass is 35.5. The fourth-order valence-electron chi connectivity index (χ4n) is 1.25. The minimum absolute atomic E-state index is 0.195. The van der Waals surface area contributed by atoms with Gasteiger partial charge in [0.05, 0.1) is 0 Å². The molecule has 0 unspecified atom stereocenters. The van der Waals surface area contributed by atoms with Gasteiger partial charge in [-0.3, -0.25) is 0 Å². The first-order valence-corrected chi connectivity index (χ1v) is 5.43. The van der Waals surface area contributed by atoms with Crippen molar-refractivity contribution in [2.45, 2.75) is 6.42 Å². The summed E-state index contributed by atoms with van der Waals surface area (Å²) in [7, 11) is 0. The molecule has 0 aliphatic rings. The Balaban J connectivity index is 2.22. The summed E-state index contributed by atoms with van der Waals surface area (Å²) < 4.78 is 44.3. The predicted octanol–water partition coefficient (Wildman–Crippen LogP) is 3.01. The van der Waals surface area contributed by atoms with E-state index in [0.29, 0.717) is 18.6 Å². The van der Waals surface area contributed by atoms with E-state index >= 15 is 0 Å². The van der Waals surface area contributed by atoms with E-state index < -0.39 is 23.1 Å². The maximum Gasteiger partial charge on any atom is 0.320 e. The Kier molecular flexibility index (Phi) is 3.71. The Morgan fingerprint density at radius 1 is 1.17 bits per heavy atom. The van der Waals surface area contributed by atoms with E-state index in [2.05, 4.69) is 15.5 Å². The average Bonchev–Trinajstić information content (AvgIpc) is 2.72. The van der Waals surface area contributed by atoms with Crippen LogP contribution in [0.3, 0.4) is 0 Å². The van der Waals surface area contributed by atoms with Crippen LogP contribution in [-0.4, -0.2) is 16.1 Å². The van der Waals surface area contributed by atoms with E-state index in [4.69, 9.17) is 16.0 Å². The molecule has 0 radical (unpaired) electrons. The van der Waals surface area contributed by atoms with Gasteiger partial charge in [-0.15, -0.1) is 16.7 Å². The van der Waals surface area contributed by atoms with Crippen molar-refractivity contribution in [3.05, 3.63) is 35.5 Å². The molecule has 0 aliphatic heterocycles. The van der Waals surface area contributed by atoms with Gasteiger partial charge in [-0.1, -0.05) is 5.10 Å². The Bertz CT molecular complexity index is 538. The molecule has 18 heavy (non-hydrogen) atoms. The molecule has 8 heteroatoms. The van der Waals surface area contributed by atoms with Gasteiger partial charge in [0.2, 0.25) is 5.89 Å². The quantitative estimate of drug-likeness (QED) is 0.873. The van der Waals surface area contributed by atoms with Crippen molar-refractivity contribution >= 4 is 23.3 Å². The highest BCUT2D eigenvalue weighted by Gasteiger charge is 2.14. The molecule has 0 fully saturated rings. The Morgan fingerprint density at radius 3 is 2.44 bits per heavy atom. The van der Waals surface area contributed by atoms with Crippen LogP contribution in [0.4, 0.5) is 24.9 Å². The summed E-state index contributed by atoms with van der Waals surface area (Å²) in [4.78, 5) is 0. The van der Waals surface area contributed by atoms with Gasteiger partial charge in [0.25, 0.3) is 0 Å². The summed E-state index contributed by atoms with van der Waals surface area (Å²) in [5.41, 5.74) is -0.558. The number of halogens is 4. The number of nitrogens with one attached hydrogen (secondary N) is 1. The molecule has 0 amide bonds. The van der Waals surface area contributed by atoms with E-state index in [1.54, 1.807) is 0 Å². The molecular formula is C10H7ClF3N3O. The average molecular weight is 278 g/mol. The molecule has 2 rings (SSSR count). The van der Waals surface area contributed by atoms with Gasteiger partial charge in [-0.25, -0.2) is 13.2 Å². The van der Waals surface area contributed by atoms with Gasteiger partial charge in [0.15, 0.2) is 11.6 Å². The molecule has 0 aliphatic carbocycles. The number of hydrogen-bond acceptors (Lipinski definition) is 4. The summed E-state index contributed by atoms with van der Waals surface area (Å²) in [6.07, 6.45) is 0.338. The topological polar surface area (TPSA) is 51.0 Å². The molecule has 1 aromatic carbocycles. The molecule has 0 saturated carbocycles. The van der Waals surface area contributed by atoms with Crippen LogP contribution in [0.15, 0.2) is 16.5 Å². The third-order valence-electron chi connectivity index (χ3n) is 2.01. The van der Waals surface area contributed by atoms with E-state index in [1.807, 2.05) is 0 Å². The number of aryl methyl sites for hydroxylation is 1. The summed E-state index contributed by atoms with van der Waals surface area (Å²) in [5.74, 6) is -2.69. The third-order valence-corrected chi connectivity index (χ3v) is 2.20. The number of hydrogen-bond donors (Lipinski definition) is 1. The minimum Gasteiger partial charge on any atom is -0.408 e. The molecule has 96 valence electrons. The smallest absolute Gasteiger partial charge is 0.320 e. The molecule has 1 aromatic heterocycles. The summed E-state index contributed by atoms with van der Waals surface area (Å²) in [6.45, 7) is 0. The van der Waals surface area contributed by atoms with Crippen LogP contribution in [0.1, 0.15) is 5.89 Å². The molecule has 2 aromatic rings. The van der Waals surface area contributed by atoms with Crippen molar-refractivity contribution in [2.75, 3.05) is 11.2 Å². The normalized spacial score (nSPS) is 10.7. The van der Waals surface area contributed by atoms with Crippen LogP contribution in [0, 0.1) is 17.5 Å². The number of benzene rings is 1. The number of rotatable bonds is 4. The first-order chi connectivity index (χ1) is 8.60. The van der Waals surface area contributed by atoms with Crippen LogP contribution in [0.5, 0.6) is 0 Å². The second-order valence-corrected chi connectivity index (χ2v) is 3.69. The fourth-order valence-corrected chi connectivity index (χ4v) is 1.42. The van der Waals surface area contributed by atoms with Crippen LogP contribution in [0.2, 0.25) is 0 Å². The lowest BCUT2D eigenvalue weighted by atomic mass is 10.3. The van der Waals surface area contributed by atoms with E-state index in [0.717, 1.165) is 0 Å². The van der Waals surface area contributed by atoms with Crippen molar-refractivity contribution in [1.29, 1.82) is 0 Å². The Hall–Kier alpha value is -1.76. The van der Waals surface area contributed by atoms with Gasteiger partial charge in [-0.05, 0) is 0 Å². The van der Waals surface area contributed by atoms with E-state index in [-0.39, 0.29) is 17.8 Å². The fraction of sp³-hybridized carbons (Fsp3) is 0.200. The molecule has 0 spiro atoms. The highest BCUT2D eigenvalue weighted by molar-refractivity contribution is 6.17. The van der Waals surface area contributed by atoms with Crippen molar-refractivity contribution in [3.63, 3.8) is 0 Å². The summed E-state index contributed by atoms with van der Waals surface area (Å²) in [5, 5.41) is 9.36. The minimum atomic E-state index is -1.09. The first-order valence-electron chi connectivity index (χ1n) is 4.90. The maximum absolute atomic E-state index is 13.3. The lowest BCUT2D eigenvalue weighted by molar-refractivity contribution is 0.511. The molecule has 1 heterocycles. The maximum atomic E-state index is 13.3. The van der Waals surface area contributed by atoms with Gasteiger partial charge in [0.1, 0.15) is 11.5 Å². The van der Waals surface area contributed by atoms with Gasteiger partial charge in [0, 0.05) is 24.4 Å². The zero-order chi connectivity index (χ0) is 13.1. The second-order valence-electron chi connectivity index (χ2n) is 3.31. The van der Waals surface area contributed by atoms with Gasteiger partial charge < -0.3 is 9.73 Å². The van der Waals surface area contributed by atoms with Crippen molar-refractivity contribution in [3.8, 4) is 0 Å². The molecule has 1 N–H and O–H groups in total. The standard InChI is InChI=1S/C10H7ClF3N3O/c11-2-1-8-16-17-10(18-8)15-9-6(13)3-5(12)4-7(9)14/h3-4H,1-2H2,(H,15,17). The Morgan fingerprint density at radius 2 is 1.83 bits per heavy atom.